The maximum absolute atomic E-state index is 12.6. The van der Waals surface area contributed by atoms with E-state index in [2.05, 4.69) is 20.0 Å². The highest BCUT2D eigenvalue weighted by Crippen LogP contribution is 2.23. The van der Waals surface area contributed by atoms with Gasteiger partial charge in [0.05, 0.1) is 6.04 Å². The van der Waals surface area contributed by atoms with Crippen LogP contribution in [0.5, 0.6) is 5.88 Å². The summed E-state index contributed by atoms with van der Waals surface area (Å²) in [4.78, 5) is 31.5. The highest BCUT2D eigenvalue weighted by atomic mass is 19.4. The first-order valence-electron chi connectivity index (χ1n) is 9.63. The number of amides is 1. The molecule has 0 bridgehead atoms. The lowest BCUT2D eigenvalue weighted by Crippen LogP contribution is -2.29. The van der Waals surface area contributed by atoms with E-state index in [-0.39, 0.29) is 17.8 Å². The minimum Gasteiger partial charge on any atom is -0.468 e. The van der Waals surface area contributed by atoms with Crippen molar-refractivity contribution in [3.05, 3.63) is 47.8 Å². The summed E-state index contributed by atoms with van der Waals surface area (Å²) in [6.45, 7) is 2.38. The van der Waals surface area contributed by atoms with Gasteiger partial charge >= 0.3 is 6.18 Å². The lowest BCUT2D eigenvalue weighted by atomic mass is 10.1. The molecule has 0 saturated carbocycles. The third kappa shape index (κ3) is 9.02. The van der Waals surface area contributed by atoms with Crippen LogP contribution in [0, 0.1) is 0 Å². The van der Waals surface area contributed by atoms with E-state index in [9.17, 15) is 22.8 Å². The first-order valence-corrected chi connectivity index (χ1v) is 9.63. The Balaban J connectivity index is 0.000000861. The highest BCUT2D eigenvalue weighted by Gasteiger charge is 2.28. The third-order valence-electron chi connectivity index (χ3n) is 4.20. The van der Waals surface area contributed by atoms with Gasteiger partial charge in [-0.15, -0.1) is 0 Å². The van der Waals surface area contributed by atoms with E-state index in [1.54, 1.807) is 39.2 Å². The molecule has 2 rings (SSSR count). The topological polar surface area (TPSA) is 84.4 Å². The van der Waals surface area contributed by atoms with Gasteiger partial charge in [0.2, 0.25) is 5.88 Å². The van der Waals surface area contributed by atoms with Gasteiger partial charge in [0.25, 0.3) is 5.91 Å². The van der Waals surface area contributed by atoms with Crippen molar-refractivity contribution >= 4 is 18.0 Å². The first-order chi connectivity index (χ1) is 14.6. The number of hydrogen-bond acceptors (Lipinski definition) is 6. The zero-order chi connectivity index (χ0) is 23.4. The average Bonchev–Trinajstić information content (AvgIpc) is 2.77. The summed E-state index contributed by atoms with van der Waals surface area (Å²) in [5, 5.41) is 2.86. The van der Waals surface area contributed by atoms with Crippen molar-refractivity contribution in [3.8, 4) is 5.88 Å². The van der Waals surface area contributed by atoms with Gasteiger partial charge < -0.3 is 19.7 Å². The summed E-state index contributed by atoms with van der Waals surface area (Å²) in [5.41, 5.74) is 1.14. The van der Waals surface area contributed by atoms with Crippen LogP contribution in [-0.2, 0) is 4.79 Å². The first kappa shape index (κ1) is 25.9. The maximum atomic E-state index is 12.6. The van der Waals surface area contributed by atoms with Crippen molar-refractivity contribution in [1.82, 2.24) is 14.9 Å². The van der Waals surface area contributed by atoms with E-state index in [1.165, 1.54) is 23.4 Å². The second-order valence-electron chi connectivity index (χ2n) is 6.56. The van der Waals surface area contributed by atoms with Crippen molar-refractivity contribution in [2.24, 2.45) is 0 Å². The largest absolute Gasteiger partial charge is 0.468 e. The Morgan fingerprint density at radius 1 is 1.29 bits per heavy atom. The number of pyridine rings is 2. The SMILES string of the molecule is CCCC=O.CNc1cc(C(=O)N(C)C(C)c2ccc(OCC(F)(F)F)nc2)ccn1. The number of carbonyl (C=O) groups excluding carboxylic acids is 2. The normalized spacial score (nSPS) is 11.6. The van der Waals surface area contributed by atoms with Crippen molar-refractivity contribution in [2.75, 3.05) is 26.0 Å². The highest BCUT2D eigenvalue weighted by molar-refractivity contribution is 5.94. The molecule has 0 radical (unpaired) electrons. The monoisotopic (exact) mass is 440 g/mol. The molecule has 2 aromatic heterocycles. The number of aromatic nitrogens is 2. The lowest BCUT2D eigenvalue weighted by molar-refractivity contribution is -0.154. The molecule has 31 heavy (non-hydrogen) atoms. The fourth-order valence-corrected chi connectivity index (χ4v) is 2.30. The second-order valence-corrected chi connectivity index (χ2v) is 6.56. The Morgan fingerprint density at radius 2 is 2.00 bits per heavy atom. The Morgan fingerprint density at radius 3 is 2.48 bits per heavy atom. The molecule has 0 aliphatic rings. The number of ether oxygens (including phenoxy) is 1. The zero-order valence-electron chi connectivity index (χ0n) is 17.9. The molecule has 0 aromatic carbocycles. The fourth-order valence-electron chi connectivity index (χ4n) is 2.30. The van der Waals surface area contributed by atoms with Crippen LogP contribution in [0.3, 0.4) is 0 Å². The smallest absolute Gasteiger partial charge is 0.422 e. The number of nitrogens with zero attached hydrogens (tertiary/aromatic N) is 3. The van der Waals surface area contributed by atoms with Gasteiger partial charge in [-0.1, -0.05) is 13.0 Å². The quantitative estimate of drug-likeness (QED) is 0.617. The molecule has 0 saturated heterocycles. The predicted molar refractivity (Wildman–Crippen MR) is 111 cm³/mol. The number of carbonyl (C=O) groups is 2. The van der Waals surface area contributed by atoms with Crippen LogP contribution in [0.4, 0.5) is 19.0 Å². The summed E-state index contributed by atoms with van der Waals surface area (Å²) < 4.78 is 41.0. The van der Waals surface area contributed by atoms with E-state index < -0.39 is 12.8 Å². The number of alkyl halides is 3. The number of rotatable bonds is 8. The van der Waals surface area contributed by atoms with Crippen LogP contribution in [0.2, 0.25) is 0 Å². The third-order valence-corrected chi connectivity index (χ3v) is 4.20. The summed E-state index contributed by atoms with van der Waals surface area (Å²) >= 11 is 0. The number of anilines is 1. The minimum atomic E-state index is -4.42. The van der Waals surface area contributed by atoms with Gasteiger partial charge in [0.15, 0.2) is 6.61 Å². The lowest BCUT2D eigenvalue weighted by Gasteiger charge is -2.25. The number of hydrogen-bond donors (Lipinski definition) is 1. The van der Waals surface area contributed by atoms with Crippen LogP contribution >= 0.6 is 0 Å². The molecule has 0 spiro atoms. The molecule has 1 amide bonds. The van der Waals surface area contributed by atoms with E-state index >= 15 is 0 Å². The molecular formula is C21H27F3N4O3. The summed E-state index contributed by atoms with van der Waals surface area (Å²) in [6, 6.07) is 5.84. The van der Waals surface area contributed by atoms with Gasteiger partial charge in [-0.3, -0.25) is 4.79 Å². The molecule has 2 heterocycles. The Bertz CT molecular complexity index is 829. The number of nitrogens with one attached hydrogen (secondary N) is 1. The number of halogens is 3. The van der Waals surface area contributed by atoms with Crippen molar-refractivity contribution in [3.63, 3.8) is 0 Å². The van der Waals surface area contributed by atoms with Crippen LogP contribution in [0.15, 0.2) is 36.7 Å². The maximum Gasteiger partial charge on any atom is 0.422 e. The van der Waals surface area contributed by atoms with Crippen LogP contribution < -0.4 is 10.1 Å². The molecule has 10 heteroatoms. The zero-order valence-corrected chi connectivity index (χ0v) is 17.9. The minimum absolute atomic E-state index is 0.125. The molecule has 2 aromatic rings. The van der Waals surface area contributed by atoms with Gasteiger partial charge in [0, 0.05) is 44.5 Å². The van der Waals surface area contributed by atoms with E-state index in [4.69, 9.17) is 0 Å². The standard InChI is InChI=1S/C17H19F3N4O2.C4H8O/c1-11(13-4-5-15(23-9-13)26-10-17(18,19)20)24(3)16(25)12-6-7-22-14(8-12)21-2;1-2-3-4-5/h4-9,11H,10H2,1-3H3,(H,21,22);4H,2-3H2,1H3. The molecular weight excluding hydrogens is 413 g/mol. The van der Waals surface area contributed by atoms with Gasteiger partial charge in [-0.05, 0) is 31.0 Å². The molecule has 1 unspecified atom stereocenters. The van der Waals surface area contributed by atoms with E-state index in [0.29, 0.717) is 23.4 Å². The number of aldehydes is 1. The number of unbranched alkanes of at least 4 members (excludes halogenated alkanes) is 1. The second kappa shape index (κ2) is 12.5. The predicted octanol–water partition coefficient (Wildman–Crippen LogP) is 4.28. The molecule has 1 N–H and O–H groups in total. The van der Waals surface area contributed by atoms with Crippen LogP contribution in [-0.4, -0.2) is 53.9 Å². The summed E-state index contributed by atoms with van der Waals surface area (Å²) in [6.07, 6.45) is 1.12. The van der Waals surface area contributed by atoms with Crippen molar-refractivity contribution in [1.29, 1.82) is 0 Å². The average molecular weight is 440 g/mol. The van der Waals surface area contributed by atoms with E-state index in [0.717, 1.165) is 12.7 Å². The molecule has 170 valence electrons. The van der Waals surface area contributed by atoms with Crippen LogP contribution in [0.1, 0.15) is 48.7 Å². The van der Waals surface area contributed by atoms with Gasteiger partial charge in [-0.25, -0.2) is 9.97 Å². The Hall–Kier alpha value is -3.17. The fraction of sp³-hybridized carbons (Fsp3) is 0.429. The van der Waals surface area contributed by atoms with Crippen molar-refractivity contribution < 1.29 is 27.5 Å². The molecule has 0 aliphatic heterocycles. The summed E-state index contributed by atoms with van der Waals surface area (Å²) in [5.74, 6) is 0.235. The molecule has 7 nitrogen and oxygen atoms in total. The Labute approximate surface area is 179 Å². The van der Waals surface area contributed by atoms with Gasteiger partial charge in [-0.2, -0.15) is 13.2 Å². The van der Waals surface area contributed by atoms with Crippen molar-refractivity contribution in [2.45, 2.75) is 38.9 Å². The Kier molecular flexibility index (Phi) is 10.4. The molecule has 0 fully saturated rings. The molecule has 0 aliphatic carbocycles. The molecule has 1 atom stereocenters. The van der Waals surface area contributed by atoms with Crippen LogP contribution in [0.25, 0.3) is 0 Å². The van der Waals surface area contributed by atoms with E-state index in [1.807, 2.05) is 6.92 Å². The summed E-state index contributed by atoms with van der Waals surface area (Å²) in [7, 11) is 3.34. The van der Waals surface area contributed by atoms with Gasteiger partial charge in [0.1, 0.15) is 12.1 Å².